The lowest BCUT2D eigenvalue weighted by Crippen LogP contribution is -2.20. The Labute approximate surface area is 181 Å². The van der Waals surface area contributed by atoms with Crippen molar-refractivity contribution in [3.8, 4) is 0 Å². The fraction of sp³-hybridized carbons (Fsp3) is 0.136. The van der Waals surface area contributed by atoms with Crippen LogP contribution in [0, 0.1) is 51.1 Å². The Hall–Kier alpha value is -4.47. The first-order valence-electron chi connectivity index (χ1n) is 9.51. The highest BCUT2D eigenvalue weighted by molar-refractivity contribution is 6.28. The Morgan fingerprint density at radius 1 is 0.812 bits per heavy atom. The molecule has 0 spiro atoms. The summed E-state index contributed by atoms with van der Waals surface area (Å²) in [4.78, 5) is 37.4. The van der Waals surface area contributed by atoms with E-state index in [0.717, 1.165) is 22.8 Å². The molecular formula is C22H16N4O6. The molecule has 32 heavy (non-hydrogen) atoms. The number of fused-ring (bicyclic) bond motifs is 3. The summed E-state index contributed by atoms with van der Waals surface area (Å²) in [7, 11) is 0. The number of aryl methyl sites for hydroxylation is 3. The molecule has 2 aliphatic rings. The van der Waals surface area contributed by atoms with Crippen LogP contribution in [0.25, 0.3) is 11.6 Å². The minimum absolute atomic E-state index is 0.0236. The molecule has 0 radical (unpaired) electrons. The highest BCUT2D eigenvalue weighted by Crippen LogP contribution is 2.44. The summed E-state index contributed by atoms with van der Waals surface area (Å²) in [5, 5.41) is 34.8. The number of non-ortho nitro benzene ring substituents is 1. The Morgan fingerprint density at radius 3 is 2.03 bits per heavy atom. The molecule has 2 aliphatic carbocycles. The van der Waals surface area contributed by atoms with Crippen molar-refractivity contribution >= 4 is 28.7 Å². The van der Waals surface area contributed by atoms with E-state index in [0.29, 0.717) is 16.8 Å². The van der Waals surface area contributed by atoms with Crippen LogP contribution in [0.4, 0.5) is 11.4 Å². The summed E-state index contributed by atoms with van der Waals surface area (Å²) >= 11 is 0. The van der Waals surface area contributed by atoms with Gasteiger partial charge in [0.25, 0.3) is 11.4 Å². The van der Waals surface area contributed by atoms with Crippen molar-refractivity contribution in [1.29, 1.82) is 0 Å². The third-order valence-electron chi connectivity index (χ3n) is 5.36. The van der Waals surface area contributed by atoms with Gasteiger partial charge in [0.15, 0.2) is 0 Å². The summed E-state index contributed by atoms with van der Waals surface area (Å²) in [5.74, 6) is 0. The summed E-state index contributed by atoms with van der Waals surface area (Å²) in [5.41, 5.74) is 3.09. The molecule has 0 saturated heterocycles. The molecule has 4 rings (SSSR count). The van der Waals surface area contributed by atoms with Gasteiger partial charge in [-0.15, -0.1) is 0 Å². The molecule has 0 aromatic heterocycles. The minimum atomic E-state index is -0.704. The van der Waals surface area contributed by atoms with Gasteiger partial charge in [-0.3, -0.25) is 30.3 Å². The summed E-state index contributed by atoms with van der Waals surface area (Å²) < 4.78 is 0. The number of hydrogen-bond acceptors (Lipinski definition) is 7. The Balaban J connectivity index is 2.03. The maximum Gasteiger partial charge on any atom is 0.302 e. The lowest BCUT2D eigenvalue weighted by Gasteiger charge is -2.15. The van der Waals surface area contributed by atoms with Crippen LogP contribution in [0.3, 0.4) is 0 Å². The zero-order valence-corrected chi connectivity index (χ0v) is 17.3. The van der Waals surface area contributed by atoms with Gasteiger partial charge in [0.1, 0.15) is 5.71 Å². The van der Waals surface area contributed by atoms with Gasteiger partial charge in [0.2, 0.25) is 0 Å². The minimum Gasteiger partial charge on any atom is -0.258 e. The van der Waals surface area contributed by atoms with Gasteiger partial charge in [-0.05, 0) is 55.2 Å². The number of allylic oxidation sites excluding steroid dienone is 3. The number of nitro benzene ring substituents is 1. The van der Waals surface area contributed by atoms with Crippen LogP contribution >= 0.6 is 0 Å². The first kappa shape index (κ1) is 20.8. The maximum atomic E-state index is 11.8. The van der Waals surface area contributed by atoms with E-state index in [-0.39, 0.29) is 22.5 Å². The van der Waals surface area contributed by atoms with E-state index in [1.54, 1.807) is 0 Å². The van der Waals surface area contributed by atoms with Crippen molar-refractivity contribution in [1.82, 2.24) is 0 Å². The van der Waals surface area contributed by atoms with Crippen LogP contribution in [0.5, 0.6) is 0 Å². The molecule has 0 unspecified atom stereocenters. The largest absolute Gasteiger partial charge is 0.302 e. The third-order valence-corrected chi connectivity index (χ3v) is 5.36. The van der Waals surface area contributed by atoms with Gasteiger partial charge >= 0.3 is 5.70 Å². The first-order chi connectivity index (χ1) is 15.1. The number of rotatable bonds is 4. The Morgan fingerprint density at radius 2 is 1.47 bits per heavy atom. The van der Waals surface area contributed by atoms with E-state index in [1.807, 2.05) is 32.9 Å². The van der Waals surface area contributed by atoms with Crippen LogP contribution in [0.15, 0.2) is 58.4 Å². The van der Waals surface area contributed by atoms with E-state index in [9.17, 15) is 30.3 Å². The second-order valence-corrected chi connectivity index (χ2v) is 7.60. The second-order valence-electron chi connectivity index (χ2n) is 7.60. The topological polar surface area (TPSA) is 142 Å². The van der Waals surface area contributed by atoms with Crippen molar-refractivity contribution < 1.29 is 14.8 Å². The van der Waals surface area contributed by atoms with Crippen molar-refractivity contribution in [2.24, 2.45) is 4.99 Å². The van der Waals surface area contributed by atoms with E-state index in [4.69, 9.17) is 0 Å². The van der Waals surface area contributed by atoms with Crippen molar-refractivity contribution in [2.45, 2.75) is 20.8 Å². The third kappa shape index (κ3) is 3.27. The summed E-state index contributed by atoms with van der Waals surface area (Å²) in [6.07, 6.45) is 2.39. The van der Waals surface area contributed by atoms with Crippen LogP contribution in [0.2, 0.25) is 0 Å². The zero-order chi connectivity index (χ0) is 23.3. The summed E-state index contributed by atoms with van der Waals surface area (Å²) in [6, 6.07) is 7.74. The Bertz CT molecular complexity index is 1360. The number of nitro groups is 3. The normalized spacial score (nSPS) is 15.8. The molecule has 2 aromatic carbocycles. The number of hydrogen-bond donors (Lipinski definition) is 0. The molecule has 10 heteroatoms. The van der Waals surface area contributed by atoms with Crippen molar-refractivity contribution in [3.63, 3.8) is 0 Å². The molecule has 160 valence electrons. The lowest BCUT2D eigenvalue weighted by molar-refractivity contribution is -0.428. The number of nitrogens with zero attached hydrogens (tertiary/aromatic N) is 4. The molecule has 0 heterocycles. The van der Waals surface area contributed by atoms with Gasteiger partial charge < -0.3 is 0 Å². The molecule has 10 nitrogen and oxygen atoms in total. The SMILES string of the molecule is Cc1cc(C)c(N=C2C3=Cc4cc([N+](=O)[O-])ccc4C3=C([N+](=O)[O-])C=C2[N+](=O)[O-])c(C)c1. The van der Waals surface area contributed by atoms with Gasteiger partial charge in [-0.1, -0.05) is 17.7 Å². The molecule has 0 aliphatic heterocycles. The first-order valence-corrected chi connectivity index (χ1v) is 9.51. The molecule has 0 bridgehead atoms. The molecule has 0 N–H and O–H groups in total. The predicted octanol–water partition coefficient (Wildman–Crippen LogP) is 4.85. The van der Waals surface area contributed by atoms with E-state index in [2.05, 4.69) is 4.99 Å². The fourth-order valence-electron chi connectivity index (χ4n) is 4.12. The average molecular weight is 432 g/mol. The van der Waals surface area contributed by atoms with Crippen LogP contribution in [0.1, 0.15) is 27.8 Å². The maximum absolute atomic E-state index is 11.8. The smallest absolute Gasteiger partial charge is 0.258 e. The second kappa shape index (κ2) is 7.34. The Kier molecular flexibility index (Phi) is 4.77. The average Bonchev–Trinajstić information content (AvgIpc) is 3.08. The monoisotopic (exact) mass is 432 g/mol. The molecule has 2 aromatic rings. The quantitative estimate of drug-likeness (QED) is 0.499. The van der Waals surface area contributed by atoms with Gasteiger partial charge in [0.05, 0.1) is 32.1 Å². The predicted molar refractivity (Wildman–Crippen MR) is 118 cm³/mol. The van der Waals surface area contributed by atoms with Crippen molar-refractivity contribution in [3.05, 3.63) is 112 Å². The van der Waals surface area contributed by atoms with Crippen LogP contribution in [-0.2, 0) is 0 Å². The molecular weight excluding hydrogens is 416 g/mol. The van der Waals surface area contributed by atoms with Crippen LogP contribution < -0.4 is 0 Å². The van der Waals surface area contributed by atoms with E-state index < -0.39 is 26.2 Å². The highest BCUT2D eigenvalue weighted by atomic mass is 16.6. The van der Waals surface area contributed by atoms with Gasteiger partial charge in [0, 0.05) is 17.7 Å². The lowest BCUT2D eigenvalue weighted by atomic mass is 9.91. The standard InChI is InChI=1S/C22H16N4O6/c1-11-6-12(2)21(13(3)7-11)23-22-17-9-14-8-15(24(27)28)4-5-16(14)20(17)18(25(29)30)10-19(22)26(31)32/h4-10H,1-3H3. The molecule has 0 atom stereocenters. The summed E-state index contributed by atoms with van der Waals surface area (Å²) in [6.45, 7) is 5.59. The van der Waals surface area contributed by atoms with Gasteiger partial charge in [-0.2, -0.15) is 0 Å². The van der Waals surface area contributed by atoms with Gasteiger partial charge in [-0.25, -0.2) is 4.99 Å². The van der Waals surface area contributed by atoms with Crippen LogP contribution in [-0.4, -0.2) is 20.5 Å². The van der Waals surface area contributed by atoms with Crippen molar-refractivity contribution in [2.75, 3.05) is 0 Å². The van der Waals surface area contributed by atoms with E-state index >= 15 is 0 Å². The zero-order valence-electron chi connectivity index (χ0n) is 17.3. The van der Waals surface area contributed by atoms with E-state index in [1.165, 1.54) is 24.3 Å². The number of aliphatic imine (C=N–C) groups is 1. The molecule has 0 saturated carbocycles. The number of benzene rings is 2. The fourth-order valence-corrected chi connectivity index (χ4v) is 4.12. The highest BCUT2D eigenvalue weighted by Gasteiger charge is 2.41. The molecule has 0 amide bonds. The molecule has 0 fully saturated rings.